The molecule has 0 bridgehead atoms. The van der Waals surface area contributed by atoms with Crippen LogP contribution >= 0.6 is 0 Å². The third-order valence-corrected chi connectivity index (χ3v) is 5.86. The van der Waals surface area contributed by atoms with E-state index in [2.05, 4.69) is 27.7 Å². The average Bonchev–Trinajstić information content (AvgIpc) is 3.27. The Kier molecular flexibility index (Phi) is 6.87. The Morgan fingerprint density at radius 1 is 0.885 bits per heavy atom. The molecule has 2 rings (SSSR count). The van der Waals surface area contributed by atoms with Crippen molar-refractivity contribution < 1.29 is 15.3 Å². The van der Waals surface area contributed by atoms with E-state index >= 15 is 0 Å². The molecule has 148 valence electrons. The van der Waals surface area contributed by atoms with Gasteiger partial charge in [0.05, 0.1) is 0 Å². The summed E-state index contributed by atoms with van der Waals surface area (Å²) in [5.74, 6) is -0.0537. The second-order valence-electron chi connectivity index (χ2n) is 9.87. The van der Waals surface area contributed by atoms with Gasteiger partial charge in [0.1, 0.15) is 5.75 Å². The highest BCUT2D eigenvalue weighted by Crippen LogP contribution is 2.49. The van der Waals surface area contributed by atoms with Crippen molar-refractivity contribution in [3.05, 3.63) is 17.2 Å². The molecule has 3 N–H and O–H groups in total. The highest BCUT2D eigenvalue weighted by atomic mass is 16.3. The molecule has 0 spiro atoms. The standard InChI is InChI=1S/C23H38O3/c1-22(2,3)12-8-5-6-10-17-16-19(24)21(26)18(20(17)25)11-7-9-13-23(4)14-15-23/h16,24-26H,5-15H2,1-4H3. The fraction of sp³-hybridized carbons (Fsp3) is 0.739. The summed E-state index contributed by atoms with van der Waals surface area (Å²) in [7, 11) is 0. The number of hydrogen-bond donors (Lipinski definition) is 3. The summed E-state index contributed by atoms with van der Waals surface area (Å²) in [6.07, 6.45) is 11.8. The minimum Gasteiger partial charge on any atom is -0.507 e. The lowest BCUT2D eigenvalue weighted by atomic mass is 9.89. The zero-order valence-electron chi connectivity index (χ0n) is 17.2. The van der Waals surface area contributed by atoms with Crippen molar-refractivity contribution >= 4 is 0 Å². The molecule has 0 unspecified atom stereocenters. The molecule has 0 atom stereocenters. The largest absolute Gasteiger partial charge is 0.507 e. The number of aryl methyl sites for hydroxylation is 1. The molecular weight excluding hydrogens is 324 g/mol. The van der Waals surface area contributed by atoms with Crippen molar-refractivity contribution in [3.63, 3.8) is 0 Å². The Morgan fingerprint density at radius 2 is 1.54 bits per heavy atom. The minimum absolute atomic E-state index is 0.100. The van der Waals surface area contributed by atoms with Gasteiger partial charge in [-0.3, -0.25) is 0 Å². The first-order valence-electron chi connectivity index (χ1n) is 10.4. The molecule has 1 aliphatic rings. The highest BCUT2D eigenvalue weighted by molar-refractivity contribution is 5.56. The van der Waals surface area contributed by atoms with Crippen LogP contribution in [0.15, 0.2) is 6.07 Å². The summed E-state index contributed by atoms with van der Waals surface area (Å²) in [5, 5.41) is 30.8. The van der Waals surface area contributed by atoms with E-state index in [1.807, 2.05) is 0 Å². The Bertz CT molecular complexity index is 594. The summed E-state index contributed by atoms with van der Waals surface area (Å²) >= 11 is 0. The second-order valence-corrected chi connectivity index (χ2v) is 9.87. The van der Waals surface area contributed by atoms with Gasteiger partial charge < -0.3 is 15.3 Å². The molecular formula is C23H38O3. The minimum atomic E-state index is -0.142. The van der Waals surface area contributed by atoms with Gasteiger partial charge in [0.25, 0.3) is 0 Å². The SMILES string of the molecule is CC(C)(C)CCCCCc1cc(O)c(O)c(CCCCC2(C)CC2)c1O. The van der Waals surface area contributed by atoms with Gasteiger partial charge in [-0.05, 0) is 73.8 Å². The van der Waals surface area contributed by atoms with Crippen LogP contribution in [0.1, 0.15) is 96.6 Å². The number of phenols is 3. The Labute approximate surface area is 159 Å². The van der Waals surface area contributed by atoms with E-state index in [9.17, 15) is 15.3 Å². The van der Waals surface area contributed by atoms with Crippen molar-refractivity contribution in [3.8, 4) is 17.2 Å². The summed E-state index contributed by atoms with van der Waals surface area (Å²) in [6, 6.07) is 1.53. The predicted octanol–water partition coefficient (Wildman–Crippen LogP) is 6.47. The maximum atomic E-state index is 10.6. The van der Waals surface area contributed by atoms with Gasteiger partial charge in [-0.1, -0.05) is 47.0 Å². The first-order valence-corrected chi connectivity index (χ1v) is 10.4. The van der Waals surface area contributed by atoms with Crippen molar-refractivity contribution in [1.82, 2.24) is 0 Å². The highest BCUT2D eigenvalue weighted by Gasteiger charge is 2.36. The molecule has 0 aliphatic heterocycles. The number of hydrogen-bond acceptors (Lipinski definition) is 3. The number of unbranched alkanes of at least 4 members (excludes halogenated alkanes) is 3. The summed E-state index contributed by atoms with van der Waals surface area (Å²) in [4.78, 5) is 0. The lowest BCUT2D eigenvalue weighted by Gasteiger charge is -2.17. The molecule has 0 saturated heterocycles. The van der Waals surface area contributed by atoms with Crippen LogP contribution < -0.4 is 0 Å². The van der Waals surface area contributed by atoms with Crippen LogP contribution in [0.3, 0.4) is 0 Å². The maximum absolute atomic E-state index is 10.6. The molecule has 1 aromatic rings. The third kappa shape index (κ3) is 6.41. The zero-order valence-corrected chi connectivity index (χ0v) is 17.2. The van der Waals surface area contributed by atoms with Gasteiger partial charge in [0.15, 0.2) is 11.5 Å². The van der Waals surface area contributed by atoms with E-state index in [0.29, 0.717) is 22.8 Å². The molecule has 1 aromatic carbocycles. The average molecular weight is 363 g/mol. The van der Waals surface area contributed by atoms with Crippen LogP contribution in [0.4, 0.5) is 0 Å². The smallest absolute Gasteiger partial charge is 0.164 e. The molecule has 1 aliphatic carbocycles. The van der Waals surface area contributed by atoms with E-state index in [-0.39, 0.29) is 17.2 Å². The van der Waals surface area contributed by atoms with Gasteiger partial charge >= 0.3 is 0 Å². The van der Waals surface area contributed by atoms with E-state index in [4.69, 9.17) is 0 Å². The Balaban J connectivity index is 1.87. The fourth-order valence-corrected chi connectivity index (χ4v) is 3.65. The lowest BCUT2D eigenvalue weighted by molar-refractivity contribution is 0.357. The van der Waals surface area contributed by atoms with Gasteiger partial charge in [-0.25, -0.2) is 0 Å². The molecule has 26 heavy (non-hydrogen) atoms. The van der Waals surface area contributed by atoms with E-state index in [1.165, 1.54) is 38.2 Å². The van der Waals surface area contributed by atoms with Crippen LogP contribution in [0, 0.1) is 10.8 Å². The molecule has 1 fully saturated rings. The quantitative estimate of drug-likeness (QED) is 0.254. The molecule has 3 nitrogen and oxygen atoms in total. The monoisotopic (exact) mass is 362 g/mol. The number of rotatable bonds is 10. The topological polar surface area (TPSA) is 60.7 Å². The van der Waals surface area contributed by atoms with Crippen molar-refractivity contribution in [2.45, 2.75) is 98.3 Å². The zero-order chi connectivity index (χ0) is 19.4. The number of benzene rings is 1. The predicted molar refractivity (Wildman–Crippen MR) is 108 cm³/mol. The molecule has 0 amide bonds. The van der Waals surface area contributed by atoms with Crippen molar-refractivity contribution in [2.24, 2.45) is 10.8 Å². The fourth-order valence-electron chi connectivity index (χ4n) is 3.65. The van der Waals surface area contributed by atoms with Gasteiger partial charge in [-0.2, -0.15) is 0 Å². The summed E-state index contributed by atoms with van der Waals surface area (Å²) in [6.45, 7) is 9.10. The Hall–Kier alpha value is -1.38. The van der Waals surface area contributed by atoms with Crippen LogP contribution in [0.5, 0.6) is 17.2 Å². The van der Waals surface area contributed by atoms with Crippen molar-refractivity contribution in [2.75, 3.05) is 0 Å². The first kappa shape index (κ1) is 20.9. The van der Waals surface area contributed by atoms with Crippen molar-refractivity contribution in [1.29, 1.82) is 0 Å². The molecule has 0 aromatic heterocycles. The molecule has 0 heterocycles. The first-order chi connectivity index (χ1) is 12.1. The second kappa shape index (κ2) is 8.54. The maximum Gasteiger partial charge on any atom is 0.164 e. The molecule has 0 radical (unpaired) electrons. The van der Waals surface area contributed by atoms with Crippen LogP contribution in [0.25, 0.3) is 0 Å². The number of aromatic hydroxyl groups is 3. The van der Waals surface area contributed by atoms with Gasteiger partial charge in [0, 0.05) is 5.56 Å². The number of phenolic OH excluding ortho intramolecular Hbond substituents is 3. The molecule has 1 saturated carbocycles. The Morgan fingerprint density at radius 3 is 2.15 bits per heavy atom. The summed E-state index contributed by atoms with van der Waals surface area (Å²) < 4.78 is 0. The van der Waals surface area contributed by atoms with Crippen LogP contribution in [-0.4, -0.2) is 15.3 Å². The third-order valence-electron chi connectivity index (χ3n) is 5.86. The summed E-state index contributed by atoms with van der Waals surface area (Å²) in [5.41, 5.74) is 2.20. The van der Waals surface area contributed by atoms with E-state index in [1.54, 1.807) is 0 Å². The molecule has 3 heteroatoms. The van der Waals surface area contributed by atoms with Crippen LogP contribution in [0.2, 0.25) is 0 Å². The lowest BCUT2D eigenvalue weighted by Crippen LogP contribution is -2.04. The van der Waals surface area contributed by atoms with Gasteiger partial charge in [-0.15, -0.1) is 0 Å². The van der Waals surface area contributed by atoms with Gasteiger partial charge in [0.2, 0.25) is 0 Å². The van der Waals surface area contributed by atoms with E-state index < -0.39 is 0 Å². The van der Waals surface area contributed by atoms with E-state index in [0.717, 1.165) is 37.7 Å². The normalized spacial score (nSPS) is 16.0. The van der Waals surface area contributed by atoms with Crippen LogP contribution in [-0.2, 0) is 12.8 Å².